The summed E-state index contributed by atoms with van der Waals surface area (Å²) < 4.78 is 158. The van der Waals surface area contributed by atoms with Crippen molar-refractivity contribution in [1.29, 1.82) is 0 Å². The average molecular weight is 628 g/mol. The summed E-state index contributed by atoms with van der Waals surface area (Å²) in [6.07, 6.45) is -7.76. The first-order valence-corrected chi connectivity index (χ1v) is 12.8. The van der Waals surface area contributed by atoms with Crippen LogP contribution in [0.25, 0.3) is 11.1 Å². The average Bonchev–Trinajstić information content (AvgIpc) is 2.89. The van der Waals surface area contributed by atoms with Crippen molar-refractivity contribution in [2.45, 2.75) is 38.5 Å². The van der Waals surface area contributed by atoms with Gasteiger partial charge in [-0.05, 0) is 66.4 Å². The molecule has 0 amide bonds. The highest BCUT2D eigenvalue weighted by molar-refractivity contribution is 5.65. The van der Waals surface area contributed by atoms with Crippen molar-refractivity contribution >= 4 is 0 Å². The van der Waals surface area contributed by atoms with Gasteiger partial charge in [-0.25, -0.2) is 26.3 Å². The van der Waals surface area contributed by atoms with E-state index in [4.69, 9.17) is 0 Å². The fourth-order valence-electron chi connectivity index (χ4n) is 4.25. The molecule has 0 fully saturated rings. The van der Waals surface area contributed by atoms with Gasteiger partial charge in [0.25, 0.3) is 0 Å². The predicted octanol–water partition coefficient (Wildman–Crippen LogP) is 10.1. The SMILES string of the molecule is CCCCc1ccc(-c2cc(F)c(C(F)(F)Oc3ccc(C#Cc4cc(F)c(C(F)(F)F)c(F)c4)c(F)c3)c(F)c2)c(F)c1. The molecule has 0 bridgehead atoms. The number of hydrogen-bond acceptors (Lipinski definition) is 1. The Morgan fingerprint density at radius 3 is 1.80 bits per heavy atom. The van der Waals surface area contributed by atoms with Crippen LogP contribution < -0.4 is 4.74 Å². The minimum Gasteiger partial charge on any atom is -0.429 e. The van der Waals surface area contributed by atoms with E-state index >= 15 is 0 Å². The van der Waals surface area contributed by atoms with Gasteiger partial charge in [0.1, 0.15) is 51.8 Å². The van der Waals surface area contributed by atoms with E-state index < -0.39 is 75.2 Å². The Labute approximate surface area is 243 Å². The lowest BCUT2D eigenvalue weighted by molar-refractivity contribution is -0.189. The molecule has 0 radical (unpaired) electrons. The van der Waals surface area contributed by atoms with Crippen LogP contribution in [0.4, 0.5) is 48.3 Å². The maximum Gasteiger partial charge on any atom is 0.432 e. The van der Waals surface area contributed by atoms with E-state index in [1.165, 1.54) is 12.1 Å². The smallest absolute Gasteiger partial charge is 0.429 e. The zero-order valence-electron chi connectivity index (χ0n) is 22.5. The first-order valence-electron chi connectivity index (χ1n) is 12.8. The molecule has 4 aromatic carbocycles. The van der Waals surface area contributed by atoms with E-state index in [2.05, 4.69) is 16.6 Å². The molecule has 0 heterocycles. The van der Waals surface area contributed by atoms with Gasteiger partial charge in [0, 0.05) is 17.2 Å². The van der Waals surface area contributed by atoms with E-state index in [9.17, 15) is 48.3 Å². The van der Waals surface area contributed by atoms with Crippen molar-refractivity contribution < 1.29 is 53.0 Å². The van der Waals surface area contributed by atoms with E-state index in [1.54, 1.807) is 6.07 Å². The lowest BCUT2D eigenvalue weighted by Crippen LogP contribution is -2.25. The molecule has 0 aliphatic rings. The number of alkyl halides is 5. The lowest BCUT2D eigenvalue weighted by Gasteiger charge is -2.20. The summed E-state index contributed by atoms with van der Waals surface area (Å²) in [6, 6.07) is 7.50. The largest absolute Gasteiger partial charge is 0.432 e. The molecular weight excluding hydrogens is 609 g/mol. The molecule has 230 valence electrons. The van der Waals surface area contributed by atoms with Gasteiger partial charge in [0.2, 0.25) is 0 Å². The topological polar surface area (TPSA) is 9.23 Å². The maximum absolute atomic E-state index is 14.9. The van der Waals surface area contributed by atoms with Gasteiger partial charge in [-0.1, -0.05) is 37.3 Å². The summed E-state index contributed by atoms with van der Waals surface area (Å²) in [5.74, 6) is -6.31. The second kappa shape index (κ2) is 12.6. The molecule has 1 nitrogen and oxygen atoms in total. The lowest BCUT2D eigenvalue weighted by atomic mass is 9.99. The number of rotatable bonds is 7. The molecule has 0 aromatic heterocycles. The Morgan fingerprint density at radius 1 is 0.636 bits per heavy atom. The van der Waals surface area contributed by atoms with Gasteiger partial charge in [-0.3, -0.25) is 0 Å². The molecular formula is C32H19F11O. The zero-order chi connectivity index (χ0) is 32.4. The fourth-order valence-corrected chi connectivity index (χ4v) is 4.25. The quantitative estimate of drug-likeness (QED) is 0.146. The van der Waals surface area contributed by atoms with E-state index in [0.717, 1.165) is 25.0 Å². The fraction of sp³-hybridized carbons (Fsp3) is 0.188. The Kier molecular flexibility index (Phi) is 9.27. The molecule has 0 unspecified atom stereocenters. The highest BCUT2D eigenvalue weighted by Gasteiger charge is 2.41. The van der Waals surface area contributed by atoms with Crippen molar-refractivity contribution in [1.82, 2.24) is 0 Å². The third-order valence-corrected chi connectivity index (χ3v) is 6.35. The van der Waals surface area contributed by atoms with Crippen LogP contribution in [0, 0.1) is 46.7 Å². The van der Waals surface area contributed by atoms with Gasteiger partial charge in [0.15, 0.2) is 0 Å². The highest BCUT2D eigenvalue weighted by atomic mass is 19.4. The number of benzene rings is 4. The molecule has 0 saturated carbocycles. The third-order valence-electron chi connectivity index (χ3n) is 6.35. The Bertz CT molecular complexity index is 1720. The van der Waals surface area contributed by atoms with Crippen LogP contribution in [0.15, 0.2) is 60.7 Å². The normalized spacial score (nSPS) is 11.7. The molecule has 44 heavy (non-hydrogen) atoms. The number of aryl methyl sites for hydroxylation is 1. The standard InChI is InChI=1S/C32H19F11O/c1-2-3-4-17-6-10-22(24(34)11-17)20-14-27(37)30(28(38)15-20)32(42,43)44-21-9-8-19(23(33)16-21)7-5-18-12-25(35)29(26(36)13-18)31(39,40)41/h6,8-16H,2-4H2,1H3. The highest BCUT2D eigenvalue weighted by Crippen LogP contribution is 2.38. The van der Waals surface area contributed by atoms with Crippen LogP contribution in [0.2, 0.25) is 0 Å². The molecule has 0 N–H and O–H groups in total. The van der Waals surface area contributed by atoms with Gasteiger partial charge >= 0.3 is 12.3 Å². The Balaban J connectivity index is 1.56. The molecule has 12 heteroatoms. The van der Waals surface area contributed by atoms with E-state index in [-0.39, 0.29) is 23.3 Å². The van der Waals surface area contributed by atoms with Crippen LogP contribution in [0.1, 0.15) is 47.6 Å². The number of halogens is 11. The van der Waals surface area contributed by atoms with Gasteiger partial charge in [-0.2, -0.15) is 22.0 Å². The summed E-state index contributed by atoms with van der Waals surface area (Å²) >= 11 is 0. The maximum atomic E-state index is 14.9. The second-order valence-corrected chi connectivity index (χ2v) is 9.56. The molecule has 4 rings (SSSR count). The minimum absolute atomic E-state index is 0.223. The van der Waals surface area contributed by atoms with Gasteiger partial charge in [0.05, 0.1) is 5.56 Å². The molecule has 0 atom stereocenters. The monoisotopic (exact) mass is 628 g/mol. The Hall–Kier alpha value is -4.53. The summed E-state index contributed by atoms with van der Waals surface area (Å²) in [5.41, 5.74) is -5.00. The first kappa shape index (κ1) is 32.4. The molecule has 0 saturated heterocycles. The number of hydrogen-bond donors (Lipinski definition) is 0. The van der Waals surface area contributed by atoms with Crippen LogP contribution in [0.3, 0.4) is 0 Å². The van der Waals surface area contributed by atoms with Gasteiger partial charge in [-0.15, -0.1) is 0 Å². The summed E-state index contributed by atoms with van der Waals surface area (Å²) in [7, 11) is 0. The number of unbranched alkanes of at least 4 members (excludes halogenated alkanes) is 1. The van der Waals surface area contributed by atoms with Crippen LogP contribution in [0.5, 0.6) is 5.75 Å². The van der Waals surface area contributed by atoms with Gasteiger partial charge < -0.3 is 4.74 Å². The predicted molar refractivity (Wildman–Crippen MR) is 139 cm³/mol. The van der Waals surface area contributed by atoms with Crippen molar-refractivity contribution in [2.75, 3.05) is 0 Å². The van der Waals surface area contributed by atoms with Crippen molar-refractivity contribution in [2.24, 2.45) is 0 Å². The first-order chi connectivity index (χ1) is 20.6. The van der Waals surface area contributed by atoms with E-state index in [0.29, 0.717) is 30.2 Å². The van der Waals surface area contributed by atoms with Crippen LogP contribution >= 0.6 is 0 Å². The second-order valence-electron chi connectivity index (χ2n) is 9.56. The summed E-state index contributed by atoms with van der Waals surface area (Å²) in [5, 5.41) is 0. The van der Waals surface area contributed by atoms with Crippen LogP contribution in [-0.2, 0) is 18.7 Å². The summed E-state index contributed by atoms with van der Waals surface area (Å²) in [4.78, 5) is 0. The molecule has 0 spiro atoms. The minimum atomic E-state index is -5.31. The van der Waals surface area contributed by atoms with Crippen molar-refractivity contribution in [3.05, 3.63) is 123 Å². The zero-order valence-corrected chi connectivity index (χ0v) is 22.5. The van der Waals surface area contributed by atoms with Crippen LogP contribution in [-0.4, -0.2) is 0 Å². The summed E-state index contributed by atoms with van der Waals surface area (Å²) in [6.45, 7) is 1.95. The molecule has 0 aliphatic carbocycles. The number of ether oxygens (including phenoxy) is 1. The third kappa shape index (κ3) is 7.15. The molecule has 0 aliphatic heterocycles. The van der Waals surface area contributed by atoms with E-state index in [1.807, 2.05) is 6.92 Å². The molecule has 4 aromatic rings. The van der Waals surface area contributed by atoms with Crippen molar-refractivity contribution in [3.63, 3.8) is 0 Å². The Morgan fingerprint density at radius 2 is 1.25 bits per heavy atom. The van der Waals surface area contributed by atoms with Crippen molar-refractivity contribution in [3.8, 4) is 28.7 Å².